The molecule has 5 nitrogen and oxygen atoms in total. The molecule has 0 unspecified atom stereocenters. The Morgan fingerprint density at radius 2 is 2.28 bits per heavy atom. The second kappa shape index (κ2) is 6.56. The number of halogens is 1. The minimum Gasteiger partial charge on any atom is -0.478 e. The summed E-state index contributed by atoms with van der Waals surface area (Å²) in [7, 11) is 1.63. The molecule has 0 fully saturated rings. The Hall–Kier alpha value is -1.33. The number of ether oxygens (including phenoxy) is 1. The summed E-state index contributed by atoms with van der Waals surface area (Å²) in [6, 6.07) is 1.61. The number of aromatic nitrogens is 1. The van der Waals surface area contributed by atoms with E-state index in [4.69, 9.17) is 21.4 Å². The third kappa shape index (κ3) is 3.58. The van der Waals surface area contributed by atoms with Crippen LogP contribution in [0.3, 0.4) is 0 Å². The first-order valence-corrected chi connectivity index (χ1v) is 5.99. The lowest BCUT2D eigenvalue weighted by atomic mass is 10.2. The Kier molecular flexibility index (Phi) is 5.37. The quantitative estimate of drug-likeness (QED) is 0.861. The van der Waals surface area contributed by atoms with E-state index in [1.807, 2.05) is 18.7 Å². The highest BCUT2D eigenvalue weighted by molar-refractivity contribution is 6.33. The van der Waals surface area contributed by atoms with Gasteiger partial charge in [0.1, 0.15) is 5.82 Å². The summed E-state index contributed by atoms with van der Waals surface area (Å²) in [6.45, 7) is 5.22. The normalized spacial score (nSPS) is 10.7. The summed E-state index contributed by atoms with van der Waals surface area (Å²) in [4.78, 5) is 16.9. The van der Waals surface area contributed by atoms with Gasteiger partial charge in [0.05, 0.1) is 17.2 Å². The molecule has 0 aliphatic rings. The maximum absolute atomic E-state index is 10.8. The van der Waals surface area contributed by atoms with Gasteiger partial charge in [-0.2, -0.15) is 0 Å². The summed E-state index contributed by atoms with van der Waals surface area (Å²) in [5.41, 5.74) is 0.0826. The molecule has 0 aliphatic heterocycles. The van der Waals surface area contributed by atoms with Crippen LogP contribution in [0.1, 0.15) is 24.2 Å². The molecule has 1 rings (SSSR count). The minimum absolute atomic E-state index is 0.0826. The molecule has 1 heterocycles. The van der Waals surface area contributed by atoms with Crippen molar-refractivity contribution in [3.8, 4) is 0 Å². The average molecular weight is 273 g/mol. The predicted molar refractivity (Wildman–Crippen MR) is 70.6 cm³/mol. The zero-order chi connectivity index (χ0) is 13.7. The van der Waals surface area contributed by atoms with Crippen LogP contribution < -0.4 is 4.90 Å². The fraction of sp³-hybridized carbons (Fsp3) is 0.500. The number of anilines is 1. The predicted octanol–water partition coefficient (Wildman–Crippen LogP) is 2.29. The van der Waals surface area contributed by atoms with E-state index in [2.05, 4.69) is 4.98 Å². The molecule has 0 saturated heterocycles. The number of hydrogen-bond donors (Lipinski definition) is 1. The second-order valence-electron chi connectivity index (χ2n) is 4.11. The van der Waals surface area contributed by atoms with Gasteiger partial charge in [0.2, 0.25) is 0 Å². The highest BCUT2D eigenvalue weighted by Crippen LogP contribution is 2.25. The monoisotopic (exact) mass is 272 g/mol. The highest BCUT2D eigenvalue weighted by Gasteiger charge is 2.16. The van der Waals surface area contributed by atoms with Crippen LogP contribution in [-0.2, 0) is 4.74 Å². The molecule has 0 aromatic carbocycles. The van der Waals surface area contributed by atoms with Crippen molar-refractivity contribution in [1.82, 2.24) is 4.98 Å². The van der Waals surface area contributed by atoms with E-state index in [0.717, 1.165) is 0 Å². The molecule has 18 heavy (non-hydrogen) atoms. The molecule has 0 bridgehead atoms. The van der Waals surface area contributed by atoms with Crippen LogP contribution in [0, 0.1) is 0 Å². The molecule has 0 radical (unpaired) electrons. The minimum atomic E-state index is -1.04. The van der Waals surface area contributed by atoms with Crippen LogP contribution in [0.2, 0.25) is 5.02 Å². The number of carbonyl (C=O) groups is 1. The largest absolute Gasteiger partial charge is 0.478 e. The highest BCUT2D eigenvalue weighted by atomic mass is 35.5. The van der Waals surface area contributed by atoms with Crippen molar-refractivity contribution in [3.63, 3.8) is 0 Å². The van der Waals surface area contributed by atoms with Crippen molar-refractivity contribution in [3.05, 3.63) is 22.8 Å². The number of hydrogen-bond acceptors (Lipinski definition) is 4. The number of rotatable bonds is 6. The summed E-state index contributed by atoms with van der Waals surface area (Å²) >= 11 is 6.08. The number of pyridine rings is 1. The first-order valence-electron chi connectivity index (χ1n) is 5.61. The maximum Gasteiger partial charge on any atom is 0.337 e. The van der Waals surface area contributed by atoms with Gasteiger partial charge in [-0.3, -0.25) is 0 Å². The van der Waals surface area contributed by atoms with Crippen molar-refractivity contribution in [2.45, 2.75) is 19.9 Å². The topological polar surface area (TPSA) is 62.7 Å². The first kappa shape index (κ1) is 14.7. The van der Waals surface area contributed by atoms with Gasteiger partial charge in [-0.05, 0) is 19.9 Å². The second-order valence-corrected chi connectivity index (χ2v) is 4.52. The molecule has 100 valence electrons. The van der Waals surface area contributed by atoms with E-state index in [9.17, 15) is 4.79 Å². The number of carboxylic acids is 1. The van der Waals surface area contributed by atoms with Crippen molar-refractivity contribution in [2.75, 3.05) is 25.2 Å². The number of methoxy groups -OCH3 is 1. The molecule has 0 atom stereocenters. The van der Waals surface area contributed by atoms with Crippen molar-refractivity contribution in [2.24, 2.45) is 0 Å². The van der Waals surface area contributed by atoms with E-state index < -0.39 is 5.97 Å². The molecule has 0 amide bonds. The molecular weight excluding hydrogens is 256 g/mol. The third-order valence-electron chi connectivity index (χ3n) is 2.50. The van der Waals surface area contributed by atoms with E-state index in [0.29, 0.717) is 24.0 Å². The SMILES string of the molecule is COCCN(c1ncc(C(=O)O)cc1Cl)C(C)C. The Morgan fingerprint density at radius 1 is 1.61 bits per heavy atom. The van der Waals surface area contributed by atoms with Crippen molar-refractivity contribution >= 4 is 23.4 Å². The molecule has 0 spiro atoms. The van der Waals surface area contributed by atoms with Crippen LogP contribution in [0.15, 0.2) is 12.3 Å². The lowest BCUT2D eigenvalue weighted by Crippen LogP contribution is -2.34. The standard InChI is InChI=1S/C12H17ClN2O3/c1-8(2)15(4-5-18-3)11-10(13)6-9(7-14-11)12(16)17/h6-8H,4-5H2,1-3H3,(H,16,17). The van der Waals surface area contributed by atoms with Crippen LogP contribution in [0.5, 0.6) is 0 Å². The Morgan fingerprint density at radius 3 is 2.72 bits per heavy atom. The average Bonchev–Trinajstić information content (AvgIpc) is 2.30. The summed E-state index contributed by atoms with van der Waals surface area (Å²) in [6.07, 6.45) is 1.31. The van der Waals surface area contributed by atoms with Gasteiger partial charge in [0.15, 0.2) is 0 Å². The van der Waals surface area contributed by atoms with Gasteiger partial charge in [0, 0.05) is 25.9 Å². The van der Waals surface area contributed by atoms with Gasteiger partial charge in [-0.25, -0.2) is 9.78 Å². The van der Waals surface area contributed by atoms with E-state index in [-0.39, 0.29) is 11.6 Å². The Balaban J connectivity index is 3.01. The molecular formula is C12H17ClN2O3. The molecule has 1 aromatic heterocycles. The van der Waals surface area contributed by atoms with Crippen LogP contribution in [-0.4, -0.2) is 42.4 Å². The smallest absolute Gasteiger partial charge is 0.337 e. The number of aromatic carboxylic acids is 1. The Bertz CT molecular complexity index is 424. The van der Waals surface area contributed by atoms with Crippen LogP contribution >= 0.6 is 11.6 Å². The van der Waals surface area contributed by atoms with E-state index >= 15 is 0 Å². The van der Waals surface area contributed by atoms with Gasteiger partial charge in [-0.15, -0.1) is 0 Å². The van der Waals surface area contributed by atoms with Crippen LogP contribution in [0.4, 0.5) is 5.82 Å². The van der Waals surface area contributed by atoms with Gasteiger partial charge in [0.25, 0.3) is 0 Å². The maximum atomic E-state index is 10.8. The summed E-state index contributed by atoms with van der Waals surface area (Å²) in [5.74, 6) is -0.461. The molecule has 6 heteroatoms. The zero-order valence-electron chi connectivity index (χ0n) is 10.7. The fourth-order valence-electron chi connectivity index (χ4n) is 1.56. The molecule has 0 aliphatic carbocycles. The van der Waals surface area contributed by atoms with E-state index in [1.54, 1.807) is 7.11 Å². The lowest BCUT2D eigenvalue weighted by Gasteiger charge is -2.28. The summed E-state index contributed by atoms with van der Waals surface area (Å²) < 4.78 is 5.04. The number of carboxylic acid groups (broad SMARTS) is 1. The van der Waals surface area contributed by atoms with Crippen LogP contribution in [0.25, 0.3) is 0 Å². The van der Waals surface area contributed by atoms with Gasteiger partial charge < -0.3 is 14.7 Å². The lowest BCUT2D eigenvalue weighted by molar-refractivity contribution is 0.0696. The molecule has 1 N–H and O–H groups in total. The summed E-state index contributed by atoms with van der Waals surface area (Å²) in [5, 5.41) is 9.19. The van der Waals surface area contributed by atoms with Crippen molar-refractivity contribution < 1.29 is 14.6 Å². The molecule has 0 saturated carbocycles. The first-order chi connectivity index (χ1) is 8.47. The zero-order valence-corrected chi connectivity index (χ0v) is 11.4. The van der Waals surface area contributed by atoms with Crippen molar-refractivity contribution in [1.29, 1.82) is 0 Å². The van der Waals surface area contributed by atoms with Gasteiger partial charge in [-0.1, -0.05) is 11.6 Å². The Labute approximate surface area is 111 Å². The molecule has 1 aromatic rings. The fourth-order valence-corrected chi connectivity index (χ4v) is 1.83. The van der Waals surface area contributed by atoms with E-state index in [1.165, 1.54) is 12.3 Å². The van der Waals surface area contributed by atoms with Gasteiger partial charge >= 0.3 is 5.97 Å². The number of nitrogens with zero attached hydrogens (tertiary/aromatic N) is 2. The third-order valence-corrected chi connectivity index (χ3v) is 2.78.